The van der Waals surface area contributed by atoms with Gasteiger partial charge in [0.1, 0.15) is 0 Å². The SMILES string of the molecule is CCC[CH2][Sn]([CH2]CCC)([CH2]CCC)[c]1ccc([Si](C)(C)c2ccccc2)s1. The fraction of sp³-hybridized carbons (Fsp3) is 0.583. The summed E-state index contributed by atoms with van der Waals surface area (Å²) in [5, 5.41) is 1.58. The van der Waals surface area contributed by atoms with E-state index in [0.717, 1.165) is 0 Å². The van der Waals surface area contributed by atoms with Crippen molar-refractivity contribution < 1.29 is 0 Å². The average molecular weight is 507 g/mol. The molecule has 0 fully saturated rings. The Morgan fingerprint density at radius 1 is 0.741 bits per heavy atom. The summed E-state index contributed by atoms with van der Waals surface area (Å²) in [5.41, 5.74) is 0. The Morgan fingerprint density at radius 2 is 1.26 bits per heavy atom. The minimum atomic E-state index is -2.26. The number of hydrogen-bond acceptors (Lipinski definition) is 1. The Kier molecular flexibility index (Phi) is 9.64. The molecule has 0 aliphatic carbocycles. The van der Waals surface area contributed by atoms with Crippen LogP contribution in [0.3, 0.4) is 0 Å². The van der Waals surface area contributed by atoms with E-state index in [1.165, 1.54) is 38.5 Å². The number of unbranched alkanes of at least 4 members (excludes halogenated alkanes) is 3. The molecule has 0 spiro atoms. The van der Waals surface area contributed by atoms with Gasteiger partial charge in [-0.2, -0.15) is 0 Å². The molecule has 3 heteroatoms. The van der Waals surface area contributed by atoms with Gasteiger partial charge < -0.3 is 0 Å². The quantitative estimate of drug-likeness (QED) is 0.283. The third-order valence-electron chi connectivity index (χ3n) is 6.27. The first kappa shape index (κ1) is 23.2. The van der Waals surface area contributed by atoms with Crippen LogP contribution in [-0.4, -0.2) is 26.5 Å². The molecule has 0 saturated carbocycles. The van der Waals surface area contributed by atoms with Crippen molar-refractivity contribution in [2.45, 2.75) is 85.7 Å². The van der Waals surface area contributed by atoms with Crippen LogP contribution in [0, 0.1) is 0 Å². The topological polar surface area (TPSA) is 0 Å². The molecular weight excluding hydrogens is 467 g/mol. The van der Waals surface area contributed by atoms with E-state index in [-0.39, 0.29) is 0 Å². The van der Waals surface area contributed by atoms with Crippen LogP contribution in [0.2, 0.25) is 26.4 Å². The van der Waals surface area contributed by atoms with Crippen LogP contribution in [0.5, 0.6) is 0 Å². The second-order valence-corrected chi connectivity index (χ2v) is 28.7. The predicted octanol–water partition coefficient (Wildman–Crippen LogP) is 6.63. The van der Waals surface area contributed by atoms with Gasteiger partial charge in [-0.15, -0.1) is 0 Å². The molecule has 2 rings (SSSR count). The third kappa shape index (κ3) is 5.96. The van der Waals surface area contributed by atoms with Crippen molar-refractivity contribution in [3.05, 3.63) is 42.5 Å². The Labute approximate surface area is 177 Å². The Morgan fingerprint density at radius 3 is 1.74 bits per heavy atom. The second kappa shape index (κ2) is 11.2. The van der Waals surface area contributed by atoms with Gasteiger partial charge in [0.25, 0.3) is 0 Å². The third-order valence-corrected chi connectivity index (χ3v) is 30.5. The first-order chi connectivity index (χ1) is 13.0. The summed E-state index contributed by atoms with van der Waals surface area (Å²) < 4.78 is 8.34. The van der Waals surface area contributed by atoms with Gasteiger partial charge in [-0.1, -0.05) is 0 Å². The number of benzene rings is 1. The number of hydrogen-bond donors (Lipinski definition) is 0. The van der Waals surface area contributed by atoms with Crippen molar-refractivity contribution in [3.63, 3.8) is 0 Å². The zero-order valence-electron chi connectivity index (χ0n) is 18.3. The van der Waals surface area contributed by atoms with E-state index < -0.39 is 26.5 Å². The predicted molar refractivity (Wildman–Crippen MR) is 132 cm³/mol. The summed E-state index contributed by atoms with van der Waals surface area (Å²) in [7, 11) is -1.56. The van der Waals surface area contributed by atoms with Crippen LogP contribution >= 0.6 is 11.3 Å². The first-order valence-corrected chi connectivity index (χ1v) is 22.5. The summed E-state index contributed by atoms with van der Waals surface area (Å²) in [6, 6.07) is 16.4. The Hall–Kier alpha value is -0.0644. The van der Waals surface area contributed by atoms with Gasteiger partial charge in [0.05, 0.1) is 0 Å². The maximum absolute atomic E-state index is 2.61. The van der Waals surface area contributed by atoms with E-state index in [1.54, 1.807) is 23.0 Å². The van der Waals surface area contributed by atoms with Gasteiger partial charge >= 0.3 is 179 Å². The van der Waals surface area contributed by atoms with Crippen molar-refractivity contribution >= 4 is 50.4 Å². The van der Waals surface area contributed by atoms with E-state index >= 15 is 0 Å². The van der Waals surface area contributed by atoms with Crippen LogP contribution in [0.15, 0.2) is 42.5 Å². The standard InChI is InChI=1S/C12H13SSi.3C4H9.Sn/c1-14(2,12-9-6-10-13-12)11-7-4-3-5-8-11;3*1-3-4-2;/h3-9H,1-2H3;3*1,3-4H2,2H3;. The Bertz CT molecular complexity index is 640. The van der Waals surface area contributed by atoms with E-state index in [1.807, 2.05) is 2.89 Å². The van der Waals surface area contributed by atoms with Crippen molar-refractivity contribution in [2.75, 3.05) is 0 Å². The van der Waals surface area contributed by atoms with Crippen molar-refractivity contribution in [1.29, 1.82) is 0 Å². The maximum atomic E-state index is 2.61. The zero-order chi connectivity index (χ0) is 19.8. The number of thiophene rings is 1. The molecule has 1 heterocycles. The van der Waals surface area contributed by atoms with E-state index in [9.17, 15) is 0 Å². The molecule has 0 atom stereocenters. The first-order valence-electron chi connectivity index (χ1n) is 11.2. The molecular formula is C24H40SSiSn. The summed E-state index contributed by atoms with van der Waals surface area (Å²) in [5.74, 6) is 0. The normalized spacial score (nSPS) is 12.5. The van der Waals surface area contributed by atoms with Gasteiger partial charge in [0.15, 0.2) is 0 Å². The van der Waals surface area contributed by atoms with Gasteiger partial charge in [-0.25, -0.2) is 0 Å². The fourth-order valence-electron chi connectivity index (χ4n) is 4.25. The van der Waals surface area contributed by atoms with E-state index in [4.69, 9.17) is 0 Å². The minimum absolute atomic E-state index is 1.36. The van der Waals surface area contributed by atoms with E-state index in [0.29, 0.717) is 0 Å². The molecule has 0 N–H and O–H groups in total. The molecule has 1 aromatic heterocycles. The van der Waals surface area contributed by atoms with Gasteiger partial charge in [-0.05, 0) is 0 Å². The summed E-state index contributed by atoms with van der Waals surface area (Å²) in [4.78, 5) is 0. The monoisotopic (exact) mass is 508 g/mol. The summed E-state index contributed by atoms with van der Waals surface area (Å²) in [6.45, 7) is 12.2. The molecule has 27 heavy (non-hydrogen) atoms. The molecule has 0 nitrogen and oxygen atoms in total. The van der Waals surface area contributed by atoms with Crippen LogP contribution < -0.4 is 12.6 Å². The molecule has 2 aromatic rings. The van der Waals surface area contributed by atoms with Crippen LogP contribution in [0.1, 0.15) is 59.3 Å². The molecule has 0 unspecified atom stereocenters. The molecule has 0 aliphatic rings. The molecule has 0 aliphatic heterocycles. The van der Waals surface area contributed by atoms with Crippen molar-refractivity contribution in [1.82, 2.24) is 0 Å². The van der Waals surface area contributed by atoms with Gasteiger partial charge in [-0.3, -0.25) is 0 Å². The average Bonchev–Trinajstić information content (AvgIpc) is 3.20. The molecule has 0 amide bonds. The van der Waals surface area contributed by atoms with Gasteiger partial charge in [0.2, 0.25) is 0 Å². The number of rotatable bonds is 12. The molecule has 0 bridgehead atoms. The molecule has 0 saturated heterocycles. The summed E-state index contributed by atoms with van der Waals surface area (Å²) in [6.07, 6.45) is 8.45. The molecule has 1 aromatic carbocycles. The fourth-order valence-corrected chi connectivity index (χ4v) is 28.5. The van der Waals surface area contributed by atoms with E-state index in [2.05, 4.69) is 87.7 Å². The molecule has 150 valence electrons. The van der Waals surface area contributed by atoms with Crippen molar-refractivity contribution in [2.24, 2.45) is 0 Å². The summed E-state index contributed by atoms with van der Waals surface area (Å²) >= 11 is -0.0138. The molecule has 0 radical (unpaired) electrons. The van der Waals surface area contributed by atoms with Crippen LogP contribution in [0.25, 0.3) is 0 Å². The van der Waals surface area contributed by atoms with Crippen LogP contribution in [0.4, 0.5) is 0 Å². The zero-order valence-corrected chi connectivity index (χ0v) is 23.0. The van der Waals surface area contributed by atoms with Crippen LogP contribution in [-0.2, 0) is 0 Å². The second-order valence-electron chi connectivity index (χ2n) is 8.75. The van der Waals surface area contributed by atoms with Gasteiger partial charge in [0, 0.05) is 0 Å². The Balaban J connectivity index is 2.38. The van der Waals surface area contributed by atoms with Crippen molar-refractivity contribution in [3.8, 4) is 0 Å².